The molecule has 1 heterocycles. The van der Waals surface area contributed by atoms with Gasteiger partial charge in [0.05, 0.1) is 12.8 Å². The Bertz CT molecular complexity index is 702. The number of anilines is 1. The minimum absolute atomic E-state index is 0.401. The summed E-state index contributed by atoms with van der Waals surface area (Å²) in [7, 11) is -1.82. The first-order chi connectivity index (χ1) is 9.86. The molecule has 1 unspecified atom stereocenters. The second kappa shape index (κ2) is 5.83. The van der Waals surface area contributed by atoms with E-state index in [9.17, 15) is 8.76 Å². The van der Waals surface area contributed by atoms with Crippen molar-refractivity contribution in [3.63, 3.8) is 0 Å². The van der Waals surface area contributed by atoms with E-state index in [-0.39, 0.29) is 0 Å². The Hall–Kier alpha value is -1.92. The Morgan fingerprint density at radius 3 is 2.38 bits per heavy atom. The third-order valence-electron chi connectivity index (χ3n) is 3.41. The highest BCUT2D eigenvalue weighted by Gasteiger charge is 2.35. The van der Waals surface area contributed by atoms with E-state index in [1.807, 2.05) is 13.8 Å². The Morgan fingerprint density at radius 1 is 1.19 bits per heavy atom. The highest BCUT2D eigenvalue weighted by molar-refractivity contribution is 7.99. The van der Waals surface area contributed by atoms with Crippen LogP contribution in [0.4, 0.5) is 5.69 Å². The van der Waals surface area contributed by atoms with Crippen LogP contribution in [0.15, 0.2) is 35.5 Å². The van der Waals surface area contributed by atoms with Crippen molar-refractivity contribution in [2.75, 3.05) is 11.8 Å². The van der Waals surface area contributed by atoms with E-state index in [0.717, 1.165) is 11.1 Å². The highest BCUT2D eigenvalue weighted by atomic mass is 32.3. The maximum atomic E-state index is 12.7. The predicted molar refractivity (Wildman–Crippen MR) is 84.0 cm³/mol. The molecular formula is C15H19N2O3S+. The van der Waals surface area contributed by atoms with Crippen LogP contribution in [-0.4, -0.2) is 16.6 Å². The molecule has 0 fully saturated rings. The van der Waals surface area contributed by atoms with Crippen LogP contribution in [0.2, 0.25) is 0 Å². The van der Waals surface area contributed by atoms with Gasteiger partial charge in [0.2, 0.25) is 4.90 Å². The number of hydrogen-bond donors (Lipinski definition) is 2. The van der Waals surface area contributed by atoms with Gasteiger partial charge < -0.3 is 4.74 Å². The van der Waals surface area contributed by atoms with Crippen molar-refractivity contribution >= 4 is 16.1 Å². The van der Waals surface area contributed by atoms with E-state index in [1.54, 1.807) is 44.6 Å². The first kappa shape index (κ1) is 15.5. The zero-order valence-electron chi connectivity index (χ0n) is 12.5. The number of nitrogens with one attached hydrogen (secondary N) is 1. The van der Waals surface area contributed by atoms with Crippen molar-refractivity contribution in [2.45, 2.75) is 25.7 Å². The molecule has 1 aromatic carbocycles. The highest BCUT2D eigenvalue weighted by Crippen LogP contribution is 2.33. The summed E-state index contributed by atoms with van der Waals surface area (Å²) in [6, 6.07) is 5.08. The quantitative estimate of drug-likeness (QED) is 0.850. The van der Waals surface area contributed by atoms with Crippen LogP contribution in [0.25, 0.3) is 0 Å². The van der Waals surface area contributed by atoms with Gasteiger partial charge >= 0.3 is 10.4 Å². The number of benzene rings is 1. The van der Waals surface area contributed by atoms with Crippen LogP contribution < -0.4 is 9.46 Å². The molecule has 6 heteroatoms. The second-order valence-corrected chi connectivity index (χ2v) is 6.50. The second-order valence-electron chi connectivity index (χ2n) is 4.84. The normalized spacial score (nSPS) is 13.6. The van der Waals surface area contributed by atoms with Crippen molar-refractivity contribution in [2.24, 2.45) is 0 Å². The summed E-state index contributed by atoms with van der Waals surface area (Å²) in [4.78, 5) is 4.29. The summed E-state index contributed by atoms with van der Waals surface area (Å²) in [5, 5.41) is 0. The molecule has 0 saturated carbocycles. The molecule has 2 rings (SSSR count). The molecule has 1 aromatic heterocycles. The average Bonchev–Trinajstić information content (AvgIpc) is 2.43. The molecule has 0 aliphatic carbocycles. The molecular weight excluding hydrogens is 288 g/mol. The van der Waals surface area contributed by atoms with E-state index < -0.39 is 10.4 Å². The SMILES string of the molecule is COc1cc(C)c([S+](=O)(O)Nc2ccncc2)c(C)c1C. The number of pyridine rings is 1. The van der Waals surface area contributed by atoms with E-state index in [4.69, 9.17) is 4.74 Å². The third-order valence-corrected chi connectivity index (χ3v) is 5.11. The fraction of sp³-hybridized carbons (Fsp3) is 0.267. The molecule has 0 bridgehead atoms. The van der Waals surface area contributed by atoms with E-state index in [0.29, 0.717) is 21.9 Å². The van der Waals surface area contributed by atoms with Crippen LogP contribution in [0.1, 0.15) is 16.7 Å². The molecule has 2 N–H and O–H groups in total. The monoisotopic (exact) mass is 307 g/mol. The number of aromatic nitrogens is 1. The average molecular weight is 307 g/mol. The summed E-state index contributed by atoms with van der Waals surface area (Å²) >= 11 is 0. The largest absolute Gasteiger partial charge is 0.496 e. The number of methoxy groups -OCH3 is 1. The van der Waals surface area contributed by atoms with Crippen LogP contribution >= 0.6 is 0 Å². The molecule has 112 valence electrons. The first-order valence-corrected chi connectivity index (χ1v) is 7.97. The van der Waals surface area contributed by atoms with Gasteiger partial charge in [-0.1, -0.05) is 0 Å². The molecule has 0 aliphatic heterocycles. The predicted octanol–water partition coefficient (Wildman–Crippen LogP) is 3.37. The lowest BCUT2D eigenvalue weighted by Crippen LogP contribution is -2.23. The van der Waals surface area contributed by atoms with Crippen molar-refractivity contribution < 1.29 is 13.5 Å². The maximum Gasteiger partial charge on any atom is 0.346 e. The van der Waals surface area contributed by atoms with Gasteiger partial charge in [0.15, 0.2) is 0 Å². The molecule has 0 radical (unpaired) electrons. The summed E-state index contributed by atoms with van der Waals surface area (Å²) in [5.41, 5.74) is 2.87. The summed E-state index contributed by atoms with van der Waals surface area (Å²) < 4.78 is 31.2. The van der Waals surface area contributed by atoms with Gasteiger partial charge in [0.25, 0.3) is 0 Å². The zero-order chi connectivity index (χ0) is 15.6. The van der Waals surface area contributed by atoms with Crippen molar-refractivity contribution in [3.8, 4) is 5.75 Å². The van der Waals surface area contributed by atoms with Gasteiger partial charge in [-0.05, 0) is 48.7 Å². The molecule has 21 heavy (non-hydrogen) atoms. The number of ether oxygens (including phenoxy) is 1. The topological polar surface area (TPSA) is 71.5 Å². The minimum atomic E-state index is -3.41. The lowest BCUT2D eigenvalue weighted by atomic mass is 10.1. The fourth-order valence-corrected chi connectivity index (χ4v) is 3.91. The summed E-state index contributed by atoms with van der Waals surface area (Å²) in [6.45, 7) is 5.50. The van der Waals surface area contributed by atoms with Crippen molar-refractivity contribution in [3.05, 3.63) is 47.3 Å². The van der Waals surface area contributed by atoms with Gasteiger partial charge in [-0.25, -0.2) is 0 Å². The number of rotatable bonds is 4. The lowest BCUT2D eigenvalue weighted by molar-refractivity contribution is 0.410. The molecule has 0 saturated heterocycles. The van der Waals surface area contributed by atoms with Gasteiger partial charge in [0.1, 0.15) is 5.75 Å². The smallest absolute Gasteiger partial charge is 0.346 e. The van der Waals surface area contributed by atoms with Crippen LogP contribution in [0.5, 0.6) is 5.75 Å². The van der Waals surface area contributed by atoms with Gasteiger partial charge in [-0.2, -0.15) is 9.27 Å². The number of aryl methyl sites for hydroxylation is 1. The van der Waals surface area contributed by atoms with Crippen LogP contribution in [0.3, 0.4) is 0 Å². The van der Waals surface area contributed by atoms with Gasteiger partial charge in [0, 0.05) is 23.5 Å². The molecule has 2 aromatic rings. The summed E-state index contributed by atoms with van der Waals surface area (Å²) in [6.07, 6.45) is 3.13. The fourth-order valence-electron chi connectivity index (χ4n) is 2.29. The first-order valence-electron chi connectivity index (χ1n) is 6.46. The lowest BCUT2D eigenvalue weighted by Gasteiger charge is -2.15. The number of hydrogen-bond acceptors (Lipinski definition) is 3. The van der Waals surface area contributed by atoms with Gasteiger partial charge in [-0.3, -0.25) is 4.98 Å². The Balaban J connectivity index is 2.50. The van der Waals surface area contributed by atoms with E-state index >= 15 is 0 Å². The third kappa shape index (κ3) is 3.06. The molecule has 1 atom stereocenters. The molecule has 0 aliphatic rings. The Morgan fingerprint density at radius 2 is 1.81 bits per heavy atom. The Kier molecular flexibility index (Phi) is 4.29. The molecule has 0 amide bonds. The van der Waals surface area contributed by atoms with Crippen molar-refractivity contribution in [1.29, 1.82) is 0 Å². The maximum absolute atomic E-state index is 12.7. The van der Waals surface area contributed by atoms with Crippen molar-refractivity contribution in [1.82, 2.24) is 4.98 Å². The molecule has 5 nitrogen and oxygen atoms in total. The van der Waals surface area contributed by atoms with Crippen LogP contribution in [-0.2, 0) is 14.6 Å². The Labute approximate surface area is 125 Å². The minimum Gasteiger partial charge on any atom is -0.496 e. The molecule has 0 spiro atoms. The standard InChI is InChI=1S/C15H18N2O3S/c1-10-9-14(20-4)11(2)12(3)15(10)21(18,19)17-13-5-7-16-8-6-13/h5-9H,1-4H3,(H-,16,17,18,19)/p+1. The zero-order valence-corrected chi connectivity index (χ0v) is 13.3. The van der Waals surface area contributed by atoms with Crippen LogP contribution in [0, 0.1) is 20.8 Å². The number of nitrogens with zero attached hydrogens (tertiary/aromatic N) is 1. The summed E-state index contributed by atoms with van der Waals surface area (Å²) in [5.74, 6) is 0.716. The van der Waals surface area contributed by atoms with Gasteiger partial charge in [-0.15, -0.1) is 0 Å². The van der Waals surface area contributed by atoms with E-state index in [2.05, 4.69) is 9.71 Å². The van der Waals surface area contributed by atoms with E-state index in [1.165, 1.54) is 0 Å².